The largest absolute Gasteiger partial charge is 0.455 e. The van der Waals surface area contributed by atoms with Crippen LogP contribution in [0.5, 0.6) is 0 Å². The normalized spacial score (nSPS) is 11.8. The van der Waals surface area contributed by atoms with E-state index < -0.39 is 0 Å². The minimum atomic E-state index is 0.860. The zero-order chi connectivity index (χ0) is 41.4. The van der Waals surface area contributed by atoms with Crippen molar-refractivity contribution in [3.8, 4) is 27.9 Å². The summed E-state index contributed by atoms with van der Waals surface area (Å²) in [7, 11) is 0. The molecular formula is C60H38N2O. The van der Waals surface area contributed by atoms with Crippen LogP contribution in [0.1, 0.15) is 0 Å². The number of furan rings is 1. The summed E-state index contributed by atoms with van der Waals surface area (Å²) >= 11 is 0. The quantitative estimate of drug-likeness (QED) is 0.156. The van der Waals surface area contributed by atoms with Crippen LogP contribution in [0.15, 0.2) is 235 Å². The fourth-order valence-corrected chi connectivity index (χ4v) is 10.1. The van der Waals surface area contributed by atoms with Gasteiger partial charge in [0.2, 0.25) is 0 Å². The van der Waals surface area contributed by atoms with E-state index >= 15 is 0 Å². The third-order valence-electron chi connectivity index (χ3n) is 12.9. The lowest BCUT2D eigenvalue weighted by atomic mass is 9.93. The minimum Gasteiger partial charge on any atom is -0.455 e. The first-order valence-corrected chi connectivity index (χ1v) is 21.6. The highest BCUT2D eigenvalue weighted by molar-refractivity contribution is 6.20. The van der Waals surface area contributed by atoms with Crippen molar-refractivity contribution >= 4 is 93.1 Å². The Bertz CT molecular complexity index is 3870. The van der Waals surface area contributed by atoms with Crippen LogP contribution < -0.4 is 4.90 Å². The zero-order valence-corrected chi connectivity index (χ0v) is 34.2. The van der Waals surface area contributed by atoms with Gasteiger partial charge in [-0.25, -0.2) is 0 Å². The second-order valence-electron chi connectivity index (χ2n) is 16.5. The van der Waals surface area contributed by atoms with E-state index in [0.717, 1.165) is 72.2 Å². The van der Waals surface area contributed by atoms with Crippen molar-refractivity contribution < 1.29 is 4.42 Å². The molecule has 63 heavy (non-hydrogen) atoms. The molecule has 11 aromatic carbocycles. The second-order valence-corrected chi connectivity index (χ2v) is 16.5. The van der Waals surface area contributed by atoms with E-state index in [-0.39, 0.29) is 0 Å². The van der Waals surface area contributed by atoms with Crippen LogP contribution in [-0.2, 0) is 0 Å². The summed E-state index contributed by atoms with van der Waals surface area (Å²) in [6, 6.07) is 83.5. The van der Waals surface area contributed by atoms with E-state index in [4.69, 9.17) is 4.42 Å². The number of anilines is 3. The molecule has 13 aromatic rings. The van der Waals surface area contributed by atoms with Crippen LogP contribution in [0, 0.1) is 0 Å². The number of hydrogen-bond donors (Lipinski definition) is 0. The lowest BCUT2D eigenvalue weighted by Gasteiger charge is -2.27. The first kappa shape index (κ1) is 35.4. The highest BCUT2D eigenvalue weighted by Crippen LogP contribution is 2.46. The molecule has 3 heteroatoms. The van der Waals surface area contributed by atoms with E-state index in [1.807, 2.05) is 0 Å². The van der Waals surface area contributed by atoms with Crippen LogP contribution >= 0.6 is 0 Å². The Morgan fingerprint density at radius 2 is 0.984 bits per heavy atom. The van der Waals surface area contributed by atoms with Gasteiger partial charge in [-0.3, -0.25) is 0 Å². The highest BCUT2D eigenvalue weighted by atomic mass is 16.3. The Morgan fingerprint density at radius 1 is 0.349 bits per heavy atom. The number of rotatable bonds is 6. The molecule has 0 aliphatic heterocycles. The van der Waals surface area contributed by atoms with Crippen LogP contribution in [-0.4, -0.2) is 4.57 Å². The fraction of sp³-hybridized carbons (Fsp3) is 0. The summed E-state index contributed by atoms with van der Waals surface area (Å²) in [5, 5.41) is 12.0. The van der Waals surface area contributed by atoms with Crippen LogP contribution in [0.3, 0.4) is 0 Å². The number of benzene rings is 11. The molecule has 0 bridgehead atoms. The summed E-state index contributed by atoms with van der Waals surface area (Å²) in [4.78, 5) is 2.40. The van der Waals surface area contributed by atoms with Crippen LogP contribution in [0.2, 0.25) is 0 Å². The molecular weight excluding hydrogens is 765 g/mol. The van der Waals surface area contributed by atoms with E-state index in [1.165, 1.54) is 48.9 Å². The molecule has 294 valence electrons. The van der Waals surface area contributed by atoms with Gasteiger partial charge in [0.25, 0.3) is 0 Å². The van der Waals surface area contributed by atoms with Crippen molar-refractivity contribution in [3.05, 3.63) is 231 Å². The molecule has 2 heterocycles. The van der Waals surface area contributed by atoms with Gasteiger partial charge in [0, 0.05) is 38.6 Å². The number of fused-ring (bicyclic) bond motifs is 11. The van der Waals surface area contributed by atoms with Gasteiger partial charge in [0.05, 0.1) is 22.1 Å². The van der Waals surface area contributed by atoms with E-state index in [9.17, 15) is 0 Å². The molecule has 0 radical (unpaired) electrons. The van der Waals surface area contributed by atoms with Crippen molar-refractivity contribution in [2.24, 2.45) is 0 Å². The molecule has 0 saturated heterocycles. The summed E-state index contributed by atoms with van der Waals surface area (Å²) < 4.78 is 9.14. The average molecular weight is 803 g/mol. The van der Waals surface area contributed by atoms with Gasteiger partial charge in [0.15, 0.2) is 0 Å². The molecule has 0 amide bonds. The van der Waals surface area contributed by atoms with Crippen molar-refractivity contribution in [2.45, 2.75) is 0 Å². The monoisotopic (exact) mass is 802 g/mol. The summed E-state index contributed by atoms with van der Waals surface area (Å²) in [6.45, 7) is 0. The predicted molar refractivity (Wildman–Crippen MR) is 266 cm³/mol. The third-order valence-corrected chi connectivity index (χ3v) is 12.9. The average Bonchev–Trinajstić information content (AvgIpc) is 3.91. The molecule has 0 saturated carbocycles. The SMILES string of the molecule is c1cc(-c2cc3ccccc3c3ccccc23)cc(N(c2ccc(-c3cccc(-n4c5ccccc5c5ccccc54)c3)cc2)c2cccc3oc4c5ccccc5ccc4c23)c1. The second kappa shape index (κ2) is 14.1. The van der Waals surface area contributed by atoms with Gasteiger partial charge in [-0.05, 0) is 122 Å². The molecule has 13 rings (SSSR count). The smallest absolute Gasteiger partial charge is 0.143 e. The molecule has 0 aliphatic rings. The van der Waals surface area contributed by atoms with Crippen LogP contribution in [0.4, 0.5) is 17.1 Å². The number of hydrogen-bond acceptors (Lipinski definition) is 2. The molecule has 0 aliphatic carbocycles. The molecule has 0 N–H and O–H groups in total. The molecule has 0 atom stereocenters. The fourth-order valence-electron chi connectivity index (χ4n) is 10.1. The maximum Gasteiger partial charge on any atom is 0.143 e. The van der Waals surface area contributed by atoms with Gasteiger partial charge < -0.3 is 13.9 Å². The molecule has 0 fully saturated rings. The lowest BCUT2D eigenvalue weighted by molar-refractivity contribution is 0.672. The zero-order valence-electron chi connectivity index (χ0n) is 34.2. The van der Waals surface area contributed by atoms with Gasteiger partial charge in [0.1, 0.15) is 11.2 Å². The molecule has 3 nitrogen and oxygen atoms in total. The highest BCUT2D eigenvalue weighted by Gasteiger charge is 2.22. The van der Waals surface area contributed by atoms with E-state index in [1.54, 1.807) is 0 Å². The van der Waals surface area contributed by atoms with Crippen molar-refractivity contribution in [1.29, 1.82) is 0 Å². The van der Waals surface area contributed by atoms with Gasteiger partial charge in [-0.15, -0.1) is 0 Å². The van der Waals surface area contributed by atoms with E-state index in [0.29, 0.717) is 0 Å². The summed E-state index contributed by atoms with van der Waals surface area (Å²) in [6.07, 6.45) is 0. The van der Waals surface area contributed by atoms with Gasteiger partial charge >= 0.3 is 0 Å². The number of aromatic nitrogens is 1. The maximum absolute atomic E-state index is 6.75. The first-order chi connectivity index (χ1) is 31.2. The topological polar surface area (TPSA) is 21.3 Å². The molecule has 2 aromatic heterocycles. The Hall–Kier alpha value is -8.40. The third kappa shape index (κ3) is 5.60. The van der Waals surface area contributed by atoms with Crippen molar-refractivity contribution in [1.82, 2.24) is 4.57 Å². The Morgan fingerprint density at radius 3 is 1.78 bits per heavy atom. The maximum atomic E-state index is 6.75. The molecule has 0 spiro atoms. The summed E-state index contributed by atoms with van der Waals surface area (Å²) in [5.41, 5.74) is 13.2. The molecule has 0 unspecified atom stereocenters. The summed E-state index contributed by atoms with van der Waals surface area (Å²) in [5.74, 6) is 0. The predicted octanol–water partition coefficient (Wildman–Crippen LogP) is 16.9. The van der Waals surface area contributed by atoms with Crippen LogP contribution in [0.25, 0.3) is 104 Å². The first-order valence-electron chi connectivity index (χ1n) is 21.6. The standard InChI is InChI=1S/C60H38N2O/c1-4-21-48-40(14-1)32-35-53-59-57(28-13-29-58(59)63-60(48)53)61(45-18-12-17-42(37-45)54-38-43-15-2-3-20-47(43)49-22-5-6-23-50(49)54)44-33-30-39(31-34-44)41-16-11-19-46(36-41)62-55-26-9-7-24-51(55)52-25-8-10-27-56(52)62/h1-38H. The van der Waals surface area contributed by atoms with E-state index in [2.05, 4.69) is 240 Å². The van der Waals surface area contributed by atoms with Gasteiger partial charge in [-0.2, -0.15) is 0 Å². The Kier molecular flexibility index (Phi) is 7.91. The van der Waals surface area contributed by atoms with Crippen molar-refractivity contribution in [2.75, 3.05) is 4.90 Å². The van der Waals surface area contributed by atoms with Gasteiger partial charge in [-0.1, -0.05) is 158 Å². The van der Waals surface area contributed by atoms with Crippen molar-refractivity contribution in [3.63, 3.8) is 0 Å². The Labute approximate surface area is 363 Å². The Balaban J connectivity index is 0.986. The minimum absolute atomic E-state index is 0.860. The number of nitrogens with zero attached hydrogens (tertiary/aromatic N) is 2. The number of para-hydroxylation sites is 2. The lowest BCUT2D eigenvalue weighted by Crippen LogP contribution is -2.10.